The summed E-state index contributed by atoms with van der Waals surface area (Å²) in [6.07, 6.45) is 1.66. The van der Waals surface area contributed by atoms with Crippen LogP contribution in [0.25, 0.3) is 22.2 Å². The standard InChI is InChI=1S/C22H18ClN5OS/c1-28-21(16-8-5-10-18(23)12-16)26-27-22(28)30-14-20(29)25-24-13-17-9-4-7-15-6-2-3-11-19(15)17/h2-13H,14H2,1H3,(H,25,29). The fourth-order valence-corrected chi connectivity index (χ4v) is 3.91. The Morgan fingerprint density at radius 2 is 1.93 bits per heavy atom. The average Bonchev–Trinajstić information content (AvgIpc) is 3.13. The van der Waals surface area contributed by atoms with Crippen molar-refractivity contribution in [3.63, 3.8) is 0 Å². The molecule has 0 saturated heterocycles. The number of hydrogen-bond acceptors (Lipinski definition) is 5. The van der Waals surface area contributed by atoms with Crippen LogP contribution in [0.4, 0.5) is 0 Å². The second kappa shape index (κ2) is 9.11. The molecule has 4 aromatic rings. The van der Waals surface area contributed by atoms with E-state index in [1.165, 1.54) is 11.8 Å². The molecule has 150 valence electrons. The molecule has 0 aliphatic carbocycles. The summed E-state index contributed by atoms with van der Waals surface area (Å²) in [5, 5.41) is 16.0. The van der Waals surface area contributed by atoms with Crippen LogP contribution in [-0.2, 0) is 11.8 Å². The first-order valence-electron chi connectivity index (χ1n) is 9.19. The highest BCUT2D eigenvalue weighted by atomic mass is 35.5. The minimum absolute atomic E-state index is 0.175. The highest BCUT2D eigenvalue weighted by Gasteiger charge is 2.13. The third-order valence-corrected chi connectivity index (χ3v) is 5.72. The Kier molecular flexibility index (Phi) is 6.11. The van der Waals surface area contributed by atoms with Crippen molar-refractivity contribution < 1.29 is 4.79 Å². The van der Waals surface area contributed by atoms with E-state index in [1.807, 2.05) is 72.3 Å². The molecule has 0 fully saturated rings. The van der Waals surface area contributed by atoms with Gasteiger partial charge in [0.15, 0.2) is 11.0 Å². The van der Waals surface area contributed by atoms with Gasteiger partial charge in [0.05, 0.1) is 12.0 Å². The summed E-state index contributed by atoms with van der Waals surface area (Å²) in [6, 6.07) is 21.4. The van der Waals surface area contributed by atoms with E-state index in [1.54, 1.807) is 12.3 Å². The minimum Gasteiger partial charge on any atom is -0.305 e. The van der Waals surface area contributed by atoms with E-state index in [9.17, 15) is 4.79 Å². The lowest BCUT2D eigenvalue weighted by molar-refractivity contribution is -0.118. The second-order valence-electron chi connectivity index (χ2n) is 6.53. The van der Waals surface area contributed by atoms with Gasteiger partial charge in [0.1, 0.15) is 0 Å². The van der Waals surface area contributed by atoms with Gasteiger partial charge < -0.3 is 4.57 Å². The van der Waals surface area contributed by atoms with E-state index in [0.717, 1.165) is 21.9 Å². The van der Waals surface area contributed by atoms with Crippen LogP contribution in [0.5, 0.6) is 0 Å². The van der Waals surface area contributed by atoms with Crippen molar-refractivity contribution in [3.8, 4) is 11.4 Å². The molecule has 0 unspecified atom stereocenters. The SMILES string of the molecule is Cn1c(SCC(=O)NN=Cc2cccc3ccccc23)nnc1-c1cccc(Cl)c1. The van der Waals surface area contributed by atoms with Gasteiger partial charge in [-0.05, 0) is 22.9 Å². The Labute approximate surface area is 183 Å². The summed E-state index contributed by atoms with van der Waals surface area (Å²) < 4.78 is 1.84. The first-order chi connectivity index (χ1) is 14.6. The first-order valence-corrected chi connectivity index (χ1v) is 10.6. The van der Waals surface area contributed by atoms with E-state index in [4.69, 9.17) is 11.6 Å². The van der Waals surface area contributed by atoms with E-state index >= 15 is 0 Å². The molecule has 8 heteroatoms. The lowest BCUT2D eigenvalue weighted by Gasteiger charge is -2.04. The van der Waals surface area contributed by atoms with Gasteiger partial charge in [-0.15, -0.1) is 10.2 Å². The number of nitrogens with zero attached hydrogens (tertiary/aromatic N) is 4. The Hall–Kier alpha value is -3.16. The van der Waals surface area contributed by atoms with Crippen molar-refractivity contribution >= 4 is 46.3 Å². The Bertz CT molecular complexity index is 1230. The molecule has 0 aliphatic rings. The van der Waals surface area contributed by atoms with Crippen LogP contribution >= 0.6 is 23.4 Å². The number of amides is 1. The molecule has 0 saturated carbocycles. The molecule has 0 radical (unpaired) electrons. The number of carbonyl (C=O) groups is 1. The molecule has 3 aromatic carbocycles. The van der Waals surface area contributed by atoms with Crippen LogP contribution in [0.2, 0.25) is 5.02 Å². The zero-order chi connectivity index (χ0) is 20.9. The Morgan fingerprint density at radius 3 is 2.80 bits per heavy atom. The maximum Gasteiger partial charge on any atom is 0.250 e. The van der Waals surface area contributed by atoms with E-state index in [-0.39, 0.29) is 11.7 Å². The molecule has 4 rings (SSSR count). The third kappa shape index (κ3) is 4.53. The fraction of sp³-hybridized carbons (Fsp3) is 0.0909. The summed E-state index contributed by atoms with van der Waals surface area (Å²) in [6.45, 7) is 0. The van der Waals surface area contributed by atoms with E-state index in [2.05, 4.69) is 20.7 Å². The average molecular weight is 436 g/mol. The number of fused-ring (bicyclic) bond motifs is 1. The van der Waals surface area contributed by atoms with Crippen LogP contribution in [0.15, 0.2) is 77.0 Å². The van der Waals surface area contributed by atoms with Crippen molar-refractivity contribution in [2.24, 2.45) is 12.1 Å². The molecule has 1 heterocycles. The molecule has 0 bridgehead atoms. The van der Waals surface area contributed by atoms with Gasteiger partial charge in [-0.2, -0.15) is 5.10 Å². The van der Waals surface area contributed by atoms with Gasteiger partial charge >= 0.3 is 0 Å². The van der Waals surface area contributed by atoms with Crippen molar-refractivity contribution in [2.45, 2.75) is 5.16 Å². The predicted octanol–water partition coefficient (Wildman–Crippen LogP) is 4.53. The predicted molar refractivity (Wildman–Crippen MR) is 122 cm³/mol. The number of carbonyl (C=O) groups excluding carboxylic acids is 1. The van der Waals surface area contributed by atoms with E-state index in [0.29, 0.717) is 16.0 Å². The third-order valence-electron chi connectivity index (χ3n) is 4.47. The fourth-order valence-electron chi connectivity index (χ4n) is 3.02. The molecular weight excluding hydrogens is 418 g/mol. The number of aromatic nitrogens is 3. The molecule has 1 amide bonds. The number of halogens is 1. The lowest BCUT2D eigenvalue weighted by Crippen LogP contribution is -2.19. The second-order valence-corrected chi connectivity index (χ2v) is 7.90. The van der Waals surface area contributed by atoms with Crippen LogP contribution in [0, 0.1) is 0 Å². The molecule has 6 nitrogen and oxygen atoms in total. The molecule has 0 spiro atoms. The first kappa shape index (κ1) is 20.1. The maximum absolute atomic E-state index is 12.2. The Morgan fingerprint density at radius 1 is 1.13 bits per heavy atom. The number of rotatable bonds is 6. The number of hydrogen-bond donors (Lipinski definition) is 1. The minimum atomic E-state index is -0.219. The summed E-state index contributed by atoms with van der Waals surface area (Å²) >= 11 is 7.35. The quantitative estimate of drug-likeness (QED) is 0.274. The largest absolute Gasteiger partial charge is 0.305 e. The normalized spacial score (nSPS) is 11.3. The molecule has 1 aromatic heterocycles. The summed E-state index contributed by atoms with van der Waals surface area (Å²) in [5.41, 5.74) is 4.38. The van der Waals surface area contributed by atoms with Crippen molar-refractivity contribution in [1.82, 2.24) is 20.2 Å². The van der Waals surface area contributed by atoms with E-state index < -0.39 is 0 Å². The van der Waals surface area contributed by atoms with Crippen LogP contribution < -0.4 is 5.43 Å². The van der Waals surface area contributed by atoms with Gasteiger partial charge in [0, 0.05) is 23.2 Å². The summed E-state index contributed by atoms with van der Waals surface area (Å²) in [5.74, 6) is 0.646. The number of thioether (sulfide) groups is 1. The summed E-state index contributed by atoms with van der Waals surface area (Å²) in [7, 11) is 1.86. The van der Waals surface area contributed by atoms with Crippen molar-refractivity contribution in [1.29, 1.82) is 0 Å². The topological polar surface area (TPSA) is 72.2 Å². The molecule has 30 heavy (non-hydrogen) atoms. The van der Waals surface area contributed by atoms with Gasteiger partial charge in [-0.25, -0.2) is 5.43 Å². The van der Waals surface area contributed by atoms with Crippen molar-refractivity contribution in [3.05, 3.63) is 77.3 Å². The zero-order valence-electron chi connectivity index (χ0n) is 16.1. The monoisotopic (exact) mass is 435 g/mol. The van der Waals surface area contributed by atoms with Crippen LogP contribution in [-0.4, -0.2) is 32.6 Å². The molecular formula is C22H18ClN5OS. The molecule has 0 aliphatic heterocycles. The summed E-state index contributed by atoms with van der Waals surface area (Å²) in [4.78, 5) is 12.2. The lowest BCUT2D eigenvalue weighted by atomic mass is 10.1. The van der Waals surface area contributed by atoms with Gasteiger partial charge in [-0.1, -0.05) is 78.0 Å². The van der Waals surface area contributed by atoms with Gasteiger partial charge in [0.2, 0.25) is 0 Å². The van der Waals surface area contributed by atoms with Crippen LogP contribution in [0.3, 0.4) is 0 Å². The number of hydrazone groups is 1. The highest BCUT2D eigenvalue weighted by molar-refractivity contribution is 7.99. The van der Waals surface area contributed by atoms with Crippen LogP contribution in [0.1, 0.15) is 5.56 Å². The van der Waals surface area contributed by atoms with Gasteiger partial charge in [-0.3, -0.25) is 4.79 Å². The maximum atomic E-state index is 12.2. The highest BCUT2D eigenvalue weighted by Crippen LogP contribution is 2.24. The zero-order valence-corrected chi connectivity index (χ0v) is 17.7. The van der Waals surface area contributed by atoms with Gasteiger partial charge in [0.25, 0.3) is 5.91 Å². The Balaban J connectivity index is 1.37. The molecule has 1 N–H and O–H groups in total. The smallest absolute Gasteiger partial charge is 0.250 e. The van der Waals surface area contributed by atoms with Crippen molar-refractivity contribution in [2.75, 3.05) is 5.75 Å². The number of benzene rings is 3. The number of nitrogens with one attached hydrogen (secondary N) is 1. The molecule has 0 atom stereocenters.